The Morgan fingerprint density at radius 1 is 1.38 bits per heavy atom. The molecule has 1 atom stereocenters. The number of hydrogen-bond donors (Lipinski definition) is 2. The third-order valence-electron chi connectivity index (χ3n) is 4.18. The highest BCUT2D eigenvalue weighted by Crippen LogP contribution is 2.30. The second-order valence-corrected chi connectivity index (χ2v) is 5.68. The number of rotatable bonds is 3. The van der Waals surface area contributed by atoms with Gasteiger partial charge in [0.2, 0.25) is 0 Å². The van der Waals surface area contributed by atoms with Gasteiger partial charge in [-0.25, -0.2) is 4.98 Å². The van der Waals surface area contributed by atoms with Gasteiger partial charge in [-0.1, -0.05) is 18.2 Å². The zero-order chi connectivity index (χ0) is 14.8. The van der Waals surface area contributed by atoms with Gasteiger partial charge < -0.3 is 15.7 Å². The molecular weight excluding hydrogens is 262 g/mol. The van der Waals surface area contributed by atoms with Crippen LogP contribution in [0.25, 0.3) is 0 Å². The number of pyridine rings is 1. The highest BCUT2D eigenvalue weighted by molar-refractivity contribution is 5.56. The van der Waals surface area contributed by atoms with Crippen molar-refractivity contribution in [2.45, 2.75) is 25.4 Å². The van der Waals surface area contributed by atoms with Crippen LogP contribution in [0.5, 0.6) is 0 Å². The third-order valence-corrected chi connectivity index (χ3v) is 4.18. The highest BCUT2D eigenvalue weighted by atomic mass is 16.3. The maximum absolute atomic E-state index is 10.5. The molecule has 3 rings (SSSR count). The molecule has 0 amide bonds. The summed E-state index contributed by atoms with van der Waals surface area (Å²) < 4.78 is 0. The van der Waals surface area contributed by atoms with Crippen molar-refractivity contribution < 1.29 is 5.11 Å². The predicted molar refractivity (Wildman–Crippen MR) is 85.3 cm³/mol. The number of aliphatic hydroxyl groups excluding tert-OH is 1. The standard InChI is InChI=1S/C17H21N3O/c1-20-9-3-5-12-10-13(6-7-15(12)20)16(21)11-14-4-2-8-19-17(14)18/h2,4,6-8,10,16,21H,3,5,9,11H2,1H3,(H2,18,19). The molecule has 0 saturated carbocycles. The Hall–Kier alpha value is -2.07. The second-order valence-electron chi connectivity index (χ2n) is 5.68. The minimum atomic E-state index is -0.547. The summed E-state index contributed by atoms with van der Waals surface area (Å²) in [5.41, 5.74) is 10.3. The molecule has 0 spiro atoms. The van der Waals surface area contributed by atoms with Crippen molar-refractivity contribution in [3.05, 3.63) is 53.2 Å². The van der Waals surface area contributed by atoms with E-state index in [-0.39, 0.29) is 0 Å². The maximum atomic E-state index is 10.5. The van der Waals surface area contributed by atoms with Crippen LogP contribution in [0, 0.1) is 0 Å². The van der Waals surface area contributed by atoms with E-state index in [0.717, 1.165) is 24.1 Å². The Bertz CT molecular complexity index is 642. The lowest BCUT2D eigenvalue weighted by Crippen LogP contribution is -2.24. The van der Waals surface area contributed by atoms with Gasteiger partial charge in [-0.15, -0.1) is 0 Å². The minimum absolute atomic E-state index is 0.494. The number of nitrogens with zero attached hydrogens (tertiary/aromatic N) is 2. The molecular formula is C17H21N3O. The van der Waals surface area contributed by atoms with E-state index in [4.69, 9.17) is 5.73 Å². The number of aliphatic hydroxyl groups is 1. The topological polar surface area (TPSA) is 62.4 Å². The second kappa shape index (κ2) is 5.74. The summed E-state index contributed by atoms with van der Waals surface area (Å²) >= 11 is 0. The number of aryl methyl sites for hydroxylation is 1. The van der Waals surface area contributed by atoms with E-state index < -0.39 is 6.10 Å². The van der Waals surface area contributed by atoms with Crippen molar-refractivity contribution in [3.63, 3.8) is 0 Å². The van der Waals surface area contributed by atoms with E-state index in [9.17, 15) is 5.11 Å². The Balaban J connectivity index is 1.82. The zero-order valence-electron chi connectivity index (χ0n) is 12.3. The molecule has 2 heterocycles. The van der Waals surface area contributed by atoms with Crippen LogP contribution < -0.4 is 10.6 Å². The predicted octanol–water partition coefficient (Wildman–Crippen LogP) is 2.32. The molecule has 0 bridgehead atoms. The average molecular weight is 283 g/mol. The molecule has 0 aliphatic carbocycles. The van der Waals surface area contributed by atoms with Crippen LogP contribution in [0.2, 0.25) is 0 Å². The summed E-state index contributed by atoms with van der Waals surface area (Å²) in [5, 5.41) is 10.5. The van der Waals surface area contributed by atoms with Crippen molar-refractivity contribution in [2.24, 2.45) is 0 Å². The number of nitrogens with two attached hydrogens (primary N) is 1. The van der Waals surface area contributed by atoms with Crippen LogP contribution in [-0.2, 0) is 12.8 Å². The lowest BCUT2D eigenvalue weighted by molar-refractivity contribution is 0.178. The number of nitrogen functional groups attached to an aromatic ring is 1. The van der Waals surface area contributed by atoms with E-state index >= 15 is 0 Å². The van der Waals surface area contributed by atoms with Gasteiger partial charge in [0, 0.05) is 31.9 Å². The van der Waals surface area contributed by atoms with Crippen molar-refractivity contribution in [3.8, 4) is 0 Å². The first-order chi connectivity index (χ1) is 10.1. The first-order valence-electron chi connectivity index (χ1n) is 7.36. The Labute approximate surface area is 125 Å². The summed E-state index contributed by atoms with van der Waals surface area (Å²) in [6, 6.07) is 10.0. The fourth-order valence-corrected chi connectivity index (χ4v) is 2.96. The van der Waals surface area contributed by atoms with Crippen LogP contribution >= 0.6 is 0 Å². The van der Waals surface area contributed by atoms with Gasteiger partial charge in [-0.2, -0.15) is 0 Å². The van der Waals surface area contributed by atoms with Crippen LogP contribution in [0.1, 0.15) is 29.2 Å². The monoisotopic (exact) mass is 283 g/mol. The average Bonchev–Trinajstić information content (AvgIpc) is 2.49. The largest absolute Gasteiger partial charge is 0.388 e. The summed E-state index contributed by atoms with van der Waals surface area (Å²) in [4.78, 5) is 6.34. The molecule has 21 heavy (non-hydrogen) atoms. The van der Waals surface area contributed by atoms with E-state index in [2.05, 4.69) is 29.1 Å². The van der Waals surface area contributed by atoms with Gasteiger partial charge in [0.05, 0.1) is 6.10 Å². The molecule has 110 valence electrons. The molecule has 3 N–H and O–H groups in total. The van der Waals surface area contributed by atoms with E-state index in [1.165, 1.54) is 17.7 Å². The molecule has 1 unspecified atom stereocenters. The Morgan fingerprint density at radius 3 is 3.05 bits per heavy atom. The van der Waals surface area contributed by atoms with Gasteiger partial charge >= 0.3 is 0 Å². The third kappa shape index (κ3) is 2.85. The van der Waals surface area contributed by atoms with Gasteiger partial charge in [-0.05, 0) is 41.7 Å². The molecule has 4 heteroatoms. The maximum Gasteiger partial charge on any atom is 0.126 e. The van der Waals surface area contributed by atoms with Gasteiger partial charge in [-0.3, -0.25) is 0 Å². The molecule has 0 fully saturated rings. The fourth-order valence-electron chi connectivity index (χ4n) is 2.96. The first-order valence-corrected chi connectivity index (χ1v) is 7.36. The van der Waals surface area contributed by atoms with E-state index in [1.54, 1.807) is 6.20 Å². The van der Waals surface area contributed by atoms with E-state index in [1.807, 2.05) is 18.2 Å². The molecule has 4 nitrogen and oxygen atoms in total. The summed E-state index contributed by atoms with van der Waals surface area (Å²) in [6.07, 6.45) is 3.86. The van der Waals surface area contributed by atoms with Crippen LogP contribution in [0.4, 0.5) is 11.5 Å². The van der Waals surface area contributed by atoms with Crippen molar-refractivity contribution in [1.29, 1.82) is 0 Å². The molecule has 0 radical (unpaired) electrons. The van der Waals surface area contributed by atoms with Crippen molar-refractivity contribution in [2.75, 3.05) is 24.2 Å². The van der Waals surface area contributed by atoms with Crippen LogP contribution in [0.3, 0.4) is 0 Å². The molecule has 1 aliphatic heterocycles. The fraction of sp³-hybridized carbons (Fsp3) is 0.353. The van der Waals surface area contributed by atoms with Crippen LogP contribution in [-0.4, -0.2) is 23.7 Å². The summed E-state index contributed by atoms with van der Waals surface area (Å²) in [6.45, 7) is 1.10. The number of hydrogen-bond acceptors (Lipinski definition) is 4. The van der Waals surface area contributed by atoms with Gasteiger partial charge in [0.1, 0.15) is 5.82 Å². The lowest BCUT2D eigenvalue weighted by Gasteiger charge is -2.28. The number of benzene rings is 1. The molecule has 0 saturated heterocycles. The molecule has 1 aliphatic rings. The van der Waals surface area contributed by atoms with Gasteiger partial charge in [0.25, 0.3) is 0 Å². The molecule has 2 aromatic rings. The van der Waals surface area contributed by atoms with Crippen molar-refractivity contribution >= 4 is 11.5 Å². The lowest BCUT2D eigenvalue weighted by atomic mass is 9.95. The van der Waals surface area contributed by atoms with Gasteiger partial charge in [0.15, 0.2) is 0 Å². The zero-order valence-corrected chi connectivity index (χ0v) is 12.3. The number of fused-ring (bicyclic) bond motifs is 1. The first kappa shape index (κ1) is 13.9. The minimum Gasteiger partial charge on any atom is -0.388 e. The summed E-state index contributed by atoms with van der Waals surface area (Å²) in [7, 11) is 2.12. The Kier molecular flexibility index (Phi) is 3.80. The summed E-state index contributed by atoms with van der Waals surface area (Å²) in [5.74, 6) is 0.495. The van der Waals surface area contributed by atoms with Crippen LogP contribution in [0.15, 0.2) is 36.5 Å². The molecule has 1 aromatic heterocycles. The SMILES string of the molecule is CN1CCCc2cc(C(O)Cc3cccnc3N)ccc21. The number of aromatic nitrogens is 1. The number of anilines is 2. The smallest absolute Gasteiger partial charge is 0.126 e. The quantitative estimate of drug-likeness (QED) is 0.907. The Morgan fingerprint density at radius 2 is 2.24 bits per heavy atom. The highest BCUT2D eigenvalue weighted by Gasteiger charge is 2.17. The molecule has 1 aromatic carbocycles. The normalized spacial score (nSPS) is 15.6. The van der Waals surface area contributed by atoms with Crippen molar-refractivity contribution in [1.82, 2.24) is 4.98 Å². The van der Waals surface area contributed by atoms with E-state index in [0.29, 0.717) is 12.2 Å².